The molecular weight excluding hydrogens is 216 g/mol. The number of rotatable bonds is 6. The fourth-order valence-electron chi connectivity index (χ4n) is 1.64. The van der Waals surface area contributed by atoms with Gasteiger partial charge in [-0.25, -0.2) is 4.98 Å². The first kappa shape index (κ1) is 12.1. The highest BCUT2D eigenvalue weighted by atomic mass is 32.1. The Kier molecular flexibility index (Phi) is 3.98. The van der Waals surface area contributed by atoms with E-state index in [4.69, 9.17) is 4.98 Å². The van der Waals surface area contributed by atoms with Gasteiger partial charge in [0.15, 0.2) is 0 Å². The van der Waals surface area contributed by atoms with E-state index in [1.807, 2.05) is 11.3 Å². The van der Waals surface area contributed by atoms with Crippen molar-refractivity contribution >= 4 is 11.3 Å². The molecule has 2 unspecified atom stereocenters. The van der Waals surface area contributed by atoms with Crippen molar-refractivity contribution in [3.8, 4) is 0 Å². The maximum Gasteiger partial charge on any atom is 0.0959 e. The molecule has 1 aromatic rings. The van der Waals surface area contributed by atoms with Gasteiger partial charge < -0.3 is 5.32 Å². The zero-order valence-corrected chi connectivity index (χ0v) is 11.3. The molecule has 1 saturated carbocycles. The summed E-state index contributed by atoms with van der Waals surface area (Å²) in [6.45, 7) is 7.84. The van der Waals surface area contributed by atoms with Crippen molar-refractivity contribution < 1.29 is 0 Å². The molecular formula is C13H22N2S. The topological polar surface area (TPSA) is 24.9 Å². The van der Waals surface area contributed by atoms with Crippen LogP contribution in [0.1, 0.15) is 62.7 Å². The maximum atomic E-state index is 4.73. The quantitative estimate of drug-likeness (QED) is 0.817. The van der Waals surface area contributed by atoms with Gasteiger partial charge in [0.25, 0.3) is 0 Å². The molecule has 3 heteroatoms. The summed E-state index contributed by atoms with van der Waals surface area (Å²) in [6, 6.07) is 0.401. The van der Waals surface area contributed by atoms with E-state index >= 15 is 0 Å². The zero-order chi connectivity index (χ0) is 11.5. The second kappa shape index (κ2) is 5.28. The molecule has 16 heavy (non-hydrogen) atoms. The zero-order valence-electron chi connectivity index (χ0n) is 10.5. The van der Waals surface area contributed by atoms with Gasteiger partial charge in [0, 0.05) is 17.3 Å². The van der Waals surface area contributed by atoms with Crippen molar-refractivity contribution in [2.24, 2.45) is 5.92 Å². The second-order valence-electron chi connectivity index (χ2n) is 5.03. The van der Waals surface area contributed by atoms with Crippen LogP contribution in [0.2, 0.25) is 0 Å². The standard InChI is InChI=1S/C13H22N2S/c1-4-9(2)7-14-10(3)12-8-16-13(15-12)11-5-6-11/h8-11,14H,4-7H2,1-3H3. The average molecular weight is 238 g/mol. The highest BCUT2D eigenvalue weighted by Gasteiger charge is 2.27. The van der Waals surface area contributed by atoms with E-state index in [2.05, 4.69) is 31.5 Å². The van der Waals surface area contributed by atoms with Crippen molar-refractivity contribution in [1.82, 2.24) is 10.3 Å². The van der Waals surface area contributed by atoms with Crippen LogP contribution in [0, 0.1) is 5.92 Å². The number of hydrogen-bond acceptors (Lipinski definition) is 3. The lowest BCUT2D eigenvalue weighted by Crippen LogP contribution is -2.24. The third-order valence-corrected chi connectivity index (χ3v) is 4.40. The summed E-state index contributed by atoms with van der Waals surface area (Å²) >= 11 is 1.84. The van der Waals surface area contributed by atoms with E-state index in [0.29, 0.717) is 6.04 Å². The lowest BCUT2D eigenvalue weighted by molar-refractivity contribution is 0.457. The van der Waals surface area contributed by atoms with Crippen LogP contribution < -0.4 is 5.32 Å². The van der Waals surface area contributed by atoms with E-state index in [-0.39, 0.29) is 0 Å². The van der Waals surface area contributed by atoms with Crippen LogP contribution in [-0.2, 0) is 0 Å². The summed E-state index contributed by atoms with van der Waals surface area (Å²) < 4.78 is 0. The monoisotopic (exact) mass is 238 g/mol. The normalized spacial score (nSPS) is 19.7. The molecule has 90 valence electrons. The van der Waals surface area contributed by atoms with Crippen LogP contribution in [0.3, 0.4) is 0 Å². The molecule has 2 nitrogen and oxygen atoms in total. The Hall–Kier alpha value is -0.410. The van der Waals surface area contributed by atoms with Crippen molar-refractivity contribution in [2.45, 2.75) is 52.0 Å². The van der Waals surface area contributed by atoms with Crippen LogP contribution >= 0.6 is 11.3 Å². The van der Waals surface area contributed by atoms with Crippen LogP contribution in [0.5, 0.6) is 0 Å². The molecule has 0 aliphatic heterocycles. The Morgan fingerprint density at radius 1 is 1.50 bits per heavy atom. The van der Waals surface area contributed by atoms with Gasteiger partial charge in [0.2, 0.25) is 0 Å². The van der Waals surface area contributed by atoms with Gasteiger partial charge in [-0.1, -0.05) is 20.3 Å². The summed E-state index contributed by atoms with van der Waals surface area (Å²) in [5, 5.41) is 7.14. The van der Waals surface area contributed by atoms with Gasteiger partial charge in [-0.05, 0) is 32.2 Å². The lowest BCUT2D eigenvalue weighted by atomic mass is 10.1. The number of nitrogens with zero attached hydrogens (tertiary/aromatic N) is 1. The van der Waals surface area contributed by atoms with E-state index in [0.717, 1.165) is 18.4 Å². The molecule has 0 spiro atoms. The molecule has 0 saturated heterocycles. The summed E-state index contributed by atoms with van der Waals surface area (Å²) in [5.74, 6) is 1.55. The molecule has 1 aliphatic carbocycles. The number of thiazole rings is 1. The SMILES string of the molecule is CCC(C)CNC(C)c1csc(C2CC2)n1. The van der Waals surface area contributed by atoms with Gasteiger partial charge in [0.1, 0.15) is 0 Å². The first-order valence-electron chi connectivity index (χ1n) is 6.39. The minimum atomic E-state index is 0.401. The van der Waals surface area contributed by atoms with Gasteiger partial charge in [-0.2, -0.15) is 0 Å². The minimum Gasteiger partial charge on any atom is -0.309 e. The molecule has 1 aliphatic rings. The van der Waals surface area contributed by atoms with Crippen LogP contribution in [-0.4, -0.2) is 11.5 Å². The summed E-state index contributed by atoms with van der Waals surface area (Å²) in [6.07, 6.45) is 3.94. The van der Waals surface area contributed by atoms with Crippen LogP contribution in [0.25, 0.3) is 0 Å². The van der Waals surface area contributed by atoms with Crippen LogP contribution in [0.15, 0.2) is 5.38 Å². The molecule has 0 radical (unpaired) electrons. The summed E-state index contributed by atoms with van der Waals surface area (Å²) in [4.78, 5) is 4.73. The molecule has 1 N–H and O–H groups in total. The lowest BCUT2D eigenvalue weighted by Gasteiger charge is -2.14. The van der Waals surface area contributed by atoms with Gasteiger partial charge in [0.05, 0.1) is 10.7 Å². The first-order chi connectivity index (χ1) is 7.70. The number of hydrogen-bond donors (Lipinski definition) is 1. The Labute approximate surface area is 102 Å². The molecule has 1 aromatic heterocycles. The second-order valence-corrected chi connectivity index (χ2v) is 5.92. The van der Waals surface area contributed by atoms with Gasteiger partial charge in [-0.3, -0.25) is 0 Å². The fraction of sp³-hybridized carbons (Fsp3) is 0.769. The predicted octanol–water partition coefficient (Wildman–Crippen LogP) is 3.72. The first-order valence-corrected chi connectivity index (χ1v) is 7.27. The number of aromatic nitrogens is 1. The van der Waals surface area contributed by atoms with Gasteiger partial charge >= 0.3 is 0 Å². The smallest absolute Gasteiger partial charge is 0.0959 e. The predicted molar refractivity (Wildman–Crippen MR) is 70.0 cm³/mol. The largest absolute Gasteiger partial charge is 0.309 e. The molecule has 2 atom stereocenters. The Morgan fingerprint density at radius 3 is 2.88 bits per heavy atom. The Balaban J connectivity index is 1.84. The maximum absolute atomic E-state index is 4.73. The van der Waals surface area contributed by atoms with Gasteiger partial charge in [-0.15, -0.1) is 11.3 Å². The van der Waals surface area contributed by atoms with Crippen molar-refractivity contribution in [3.63, 3.8) is 0 Å². The van der Waals surface area contributed by atoms with Crippen molar-refractivity contribution in [1.29, 1.82) is 0 Å². The highest BCUT2D eigenvalue weighted by molar-refractivity contribution is 7.09. The number of nitrogens with one attached hydrogen (secondary N) is 1. The third kappa shape index (κ3) is 3.05. The van der Waals surface area contributed by atoms with Crippen molar-refractivity contribution in [3.05, 3.63) is 16.1 Å². The van der Waals surface area contributed by atoms with E-state index in [1.54, 1.807) is 0 Å². The molecule has 2 rings (SSSR count). The third-order valence-electron chi connectivity index (χ3n) is 3.38. The Bertz CT molecular complexity index is 330. The summed E-state index contributed by atoms with van der Waals surface area (Å²) in [5.41, 5.74) is 1.23. The highest BCUT2D eigenvalue weighted by Crippen LogP contribution is 2.41. The molecule has 1 fully saturated rings. The molecule has 0 bridgehead atoms. The fourth-order valence-corrected chi connectivity index (χ4v) is 2.73. The summed E-state index contributed by atoms with van der Waals surface area (Å²) in [7, 11) is 0. The van der Waals surface area contributed by atoms with E-state index < -0.39 is 0 Å². The van der Waals surface area contributed by atoms with Crippen molar-refractivity contribution in [2.75, 3.05) is 6.54 Å². The van der Waals surface area contributed by atoms with E-state index in [1.165, 1.54) is 30.0 Å². The minimum absolute atomic E-state index is 0.401. The molecule has 0 amide bonds. The average Bonchev–Trinajstić information content (AvgIpc) is 3.03. The van der Waals surface area contributed by atoms with Crippen LogP contribution in [0.4, 0.5) is 0 Å². The Morgan fingerprint density at radius 2 is 2.25 bits per heavy atom. The molecule has 0 aromatic carbocycles. The van der Waals surface area contributed by atoms with E-state index in [9.17, 15) is 0 Å². The molecule has 1 heterocycles.